The molecule has 2 aromatic heterocycles. The molecule has 0 fully saturated rings. The van der Waals surface area contributed by atoms with Crippen molar-refractivity contribution < 1.29 is 9.18 Å². The van der Waals surface area contributed by atoms with Gasteiger partial charge in [-0.1, -0.05) is 0 Å². The number of halogens is 1. The van der Waals surface area contributed by atoms with Crippen molar-refractivity contribution >= 4 is 11.8 Å². The van der Waals surface area contributed by atoms with E-state index in [9.17, 15) is 9.18 Å². The summed E-state index contributed by atoms with van der Waals surface area (Å²) in [6, 6.07) is 2.41. The average molecular weight is 275 g/mol. The first-order chi connectivity index (χ1) is 9.70. The number of aromatic nitrogens is 3. The van der Waals surface area contributed by atoms with Crippen molar-refractivity contribution in [3.63, 3.8) is 0 Å². The minimum Gasteiger partial charge on any atom is -0.335 e. The van der Waals surface area contributed by atoms with Crippen molar-refractivity contribution in [2.45, 2.75) is 25.3 Å². The molecule has 2 amide bonds. The molecule has 0 aliphatic heterocycles. The zero-order chi connectivity index (χ0) is 13.9. The lowest BCUT2D eigenvalue weighted by atomic mass is 9.94. The van der Waals surface area contributed by atoms with E-state index in [2.05, 4.69) is 25.8 Å². The normalized spacial score (nSPS) is 17.4. The zero-order valence-corrected chi connectivity index (χ0v) is 10.7. The molecule has 0 radical (unpaired) electrons. The van der Waals surface area contributed by atoms with Crippen LogP contribution in [0.15, 0.2) is 24.5 Å². The molecule has 1 atom stereocenters. The van der Waals surface area contributed by atoms with Crippen LogP contribution in [0.4, 0.5) is 15.0 Å². The van der Waals surface area contributed by atoms with Gasteiger partial charge in [0.1, 0.15) is 11.6 Å². The van der Waals surface area contributed by atoms with Crippen molar-refractivity contribution in [3.05, 3.63) is 41.6 Å². The van der Waals surface area contributed by atoms with Crippen molar-refractivity contribution in [3.8, 4) is 0 Å². The minimum absolute atomic E-state index is 0.0700. The standard InChI is InChI=1S/C13H14FN5O/c14-9-1-4-12(15-7-9)18-13(20)17-10-2-3-11-8(5-10)6-16-19-11/h1,4,6-7,10H,2-3,5H2,(H,16,19)(H2,15,17,18,20). The number of carbonyl (C=O) groups is 1. The molecule has 2 aromatic rings. The first-order valence-electron chi connectivity index (χ1n) is 6.41. The number of urea groups is 1. The summed E-state index contributed by atoms with van der Waals surface area (Å²) in [5, 5.41) is 12.4. The van der Waals surface area contributed by atoms with E-state index < -0.39 is 5.82 Å². The molecule has 1 unspecified atom stereocenters. The summed E-state index contributed by atoms with van der Waals surface area (Å²) in [4.78, 5) is 15.6. The van der Waals surface area contributed by atoms with Crippen LogP contribution in [0.3, 0.4) is 0 Å². The highest BCUT2D eigenvalue weighted by Crippen LogP contribution is 2.18. The van der Waals surface area contributed by atoms with E-state index >= 15 is 0 Å². The highest BCUT2D eigenvalue weighted by Gasteiger charge is 2.21. The smallest absolute Gasteiger partial charge is 0.320 e. The second kappa shape index (κ2) is 5.28. The maximum Gasteiger partial charge on any atom is 0.320 e. The number of hydrogen-bond donors (Lipinski definition) is 3. The first kappa shape index (κ1) is 12.6. The van der Waals surface area contributed by atoms with Gasteiger partial charge >= 0.3 is 6.03 Å². The highest BCUT2D eigenvalue weighted by atomic mass is 19.1. The summed E-state index contributed by atoms with van der Waals surface area (Å²) in [6.07, 6.45) is 5.35. The van der Waals surface area contributed by atoms with Gasteiger partial charge in [0.05, 0.1) is 12.4 Å². The summed E-state index contributed by atoms with van der Waals surface area (Å²) in [6.45, 7) is 0. The van der Waals surface area contributed by atoms with Crippen LogP contribution in [0.25, 0.3) is 0 Å². The number of hydrogen-bond acceptors (Lipinski definition) is 3. The molecule has 0 saturated heterocycles. The Morgan fingerprint density at radius 3 is 3.10 bits per heavy atom. The van der Waals surface area contributed by atoms with Gasteiger partial charge in [0.25, 0.3) is 0 Å². The van der Waals surface area contributed by atoms with Gasteiger partial charge in [0.2, 0.25) is 0 Å². The van der Waals surface area contributed by atoms with E-state index in [0.29, 0.717) is 5.82 Å². The number of aryl methyl sites for hydroxylation is 1. The molecular formula is C13H14FN5O. The Hall–Kier alpha value is -2.44. The Bertz CT molecular complexity index is 609. The Morgan fingerprint density at radius 2 is 2.30 bits per heavy atom. The molecule has 1 aliphatic carbocycles. The number of nitrogens with zero attached hydrogens (tertiary/aromatic N) is 2. The number of pyridine rings is 1. The number of nitrogens with one attached hydrogen (secondary N) is 3. The van der Waals surface area contributed by atoms with Gasteiger partial charge in [-0.15, -0.1) is 0 Å². The molecule has 3 rings (SSSR count). The largest absolute Gasteiger partial charge is 0.335 e. The van der Waals surface area contributed by atoms with Crippen molar-refractivity contribution in [2.24, 2.45) is 0 Å². The quantitative estimate of drug-likeness (QED) is 0.779. The summed E-state index contributed by atoms with van der Waals surface area (Å²) in [5.74, 6) is -0.112. The Kier molecular flexibility index (Phi) is 3.32. The van der Waals surface area contributed by atoms with E-state index in [0.717, 1.165) is 36.7 Å². The summed E-state index contributed by atoms with van der Waals surface area (Å²) in [7, 11) is 0. The predicted octanol–water partition coefficient (Wildman–Crippen LogP) is 1.62. The van der Waals surface area contributed by atoms with Crippen LogP contribution in [0.5, 0.6) is 0 Å². The summed E-state index contributed by atoms with van der Waals surface area (Å²) >= 11 is 0. The fourth-order valence-corrected chi connectivity index (χ4v) is 2.33. The highest BCUT2D eigenvalue weighted by molar-refractivity contribution is 5.88. The van der Waals surface area contributed by atoms with Crippen LogP contribution in [-0.2, 0) is 12.8 Å². The lowest BCUT2D eigenvalue weighted by Gasteiger charge is -2.22. The third-order valence-electron chi connectivity index (χ3n) is 3.32. The lowest BCUT2D eigenvalue weighted by molar-refractivity contribution is 0.247. The van der Waals surface area contributed by atoms with Crippen molar-refractivity contribution in [1.82, 2.24) is 20.5 Å². The fourth-order valence-electron chi connectivity index (χ4n) is 2.33. The van der Waals surface area contributed by atoms with Gasteiger partial charge in [0, 0.05) is 11.7 Å². The summed E-state index contributed by atoms with van der Waals surface area (Å²) in [5.41, 5.74) is 2.28. The number of rotatable bonds is 2. The molecule has 1 aliphatic rings. The van der Waals surface area contributed by atoms with Gasteiger partial charge in [-0.3, -0.25) is 10.4 Å². The van der Waals surface area contributed by atoms with Crippen LogP contribution in [-0.4, -0.2) is 27.3 Å². The minimum atomic E-state index is -0.435. The van der Waals surface area contributed by atoms with E-state index in [4.69, 9.17) is 0 Å². The van der Waals surface area contributed by atoms with Crippen LogP contribution >= 0.6 is 0 Å². The van der Waals surface area contributed by atoms with Crippen molar-refractivity contribution in [2.75, 3.05) is 5.32 Å². The number of fused-ring (bicyclic) bond motifs is 1. The number of amides is 2. The maximum atomic E-state index is 12.7. The van der Waals surface area contributed by atoms with Gasteiger partial charge < -0.3 is 5.32 Å². The summed E-state index contributed by atoms with van der Waals surface area (Å²) < 4.78 is 12.7. The number of H-pyrrole nitrogens is 1. The molecular weight excluding hydrogens is 261 g/mol. The molecule has 0 aromatic carbocycles. The molecule has 0 spiro atoms. The Balaban J connectivity index is 1.56. The van der Waals surface area contributed by atoms with Gasteiger partial charge in [-0.25, -0.2) is 14.2 Å². The van der Waals surface area contributed by atoms with Crippen LogP contribution in [0.1, 0.15) is 17.7 Å². The zero-order valence-electron chi connectivity index (χ0n) is 10.7. The molecule has 7 heteroatoms. The third kappa shape index (κ3) is 2.76. The number of anilines is 1. The van der Waals surface area contributed by atoms with E-state index in [-0.39, 0.29) is 12.1 Å². The predicted molar refractivity (Wildman–Crippen MR) is 70.8 cm³/mol. The van der Waals surface area contributed by atoms with Gasteiger partial charge in [-0.05, 0) is 37.0 Å². The first-order valence-corrected chi connectivity index (χ1v) is 6.41. The van der Waals surface area contributed by atoms with Crippen LogP contribution < -0.4 is 10.6 Å². The lowest BCUT2D eigenvalue weighted by Crippen LogP contribution is -2.41. The average Bonchev–Trinajstić information content (AvgIpc) is 2.89. The third-order valence-corrected chi connectivity index (χ3v) is 3.32. The van der Waals surface area contributed by atoms with Gasteiger partial charge in [0.15, 0.2) is 0 Å². The second-order valence-corrected chi connectivity index (χ2v) is 4.77. The van der Waals surface area contributed by atoms with Crippen LogP contribution in [0, 0.1) is 5.82 Å². The Morgan fingerprint density at radius 1 is 1.40 bits per heavy atom. The van der Waals surface area contributed by atoms with Crippen LogP contribution in [0.2, 0.25) is 0 Å². The van der Waals surface area contributed by atoms with Gasteiger partial charge in [-0.2, -0.15) is 5.10 Å². The number of aromatic amines is 1. The van der Waals surface area contributed by atoms with Crippen molar-refractivity contribution in [1.29, 1.82) is 0 Å². The molecule has 0 bridgehead atoms. The molecule has 6 nitrogen and oxygen atoms in total. The topological polar surface area (TPSA) is 82.7 Å². The second-order valence-electron chi connectivity index (χ2n) is 4.77. The van der Waals surface area contributed by atoms with E-state index in [1.807, 2.05) is 0 Å². The molecule has 20 heavy (non-hydrogen) atoms. The molecule has 104 valence electrons. The SMILES string of the molecule is O=C(Nc1ccc(F)cn1)NC1CCc2[nH]ncc2C1. The number of carbonyl (C=O) groups excluding carboxylic acids is 1. The molecule has 3 N–H and O–H groups in total. The Labute approximate surface area is 114 Å². The van der Waals surface area contributed by atoms with E-state index in [1.165, 1.54) is 12.1 Å². The monoisotopic (exact) mass is 275 g/mol. The van der Waals surface area contributed by atoms with E-state index in [1.54, 1.807) is 6.20 Å². The molecule has 0 saturated carbocycles. The fraction of sp³-hybridized carbons (Fsp3) is 0.308. The maximum absolute atomic E-state index is 12.7. The molecule has 2 heterocycles.